The summed E-state index contributed by atoms with van der Waals surface area (Å²) in [5.41, 5.74) is 2.10. The highest BCUT2D eigenvalue weighted by atomic mass is 32.2. The monoisotopic (exact) mass is 506 g/mol. The maximum atomic E-state index is 13.0. The number of amides is 1. The summed E-state index contributed by atoms with van der Waals surface area (Å²) in [7, 11) is -0.702. The molecule has 1 aromatic heterocycles. The van der Waals surface area contributed by atoms with E-state index < -0.39 is 16.0 Å². The highest BCUT2D eigenvalue weighted by molar-refractivity contribution is 7.89. The molecule has 0 radical (unpaired) electrons. The molecule has 2 heterocycles. The number of esters is 1. The second kappa shape index (κ2) is 10.5. The smallest absolute Gasteiger partial charge is 0.341 e. The highest BCUT2D eigenvalue weighted by Crippen LogP contribution is 2.38. The van der Waals surface area contributed by atoms with Gasteiger partial charge >= 0.3 is 5.97 Å². The van der Waals surface area contributed by atoms with E-state index in [1.165, 1.54) is 29.9 Å². The standard InChI is InChI=1S/C24H30N2O6S2/c1-31-19-11-10-17(34(29,30)26-13-5-6-14-26)15-16(19)9-12-21(27)25-23-22(24(28)32-2)18-7-3-4-8-20(18)33-23/h10-11,15H,3-9,12-14H2,1-2H3,(H,25,27). The van der Waals surface area contributed by atoms with Crippen molar-refractivity contribution in [3.8, 4) is 5.75 Å². The SMILES string of the molecule is COC(=O)c1c(NC(=O)CCc2cc(S(=O)(=O)N3CCCC3)ccc2OC)sc2c1CCCC2. The van der Waals surface area contributed by atoms with Gasteiger partial charge in [0, 0.05) is 24.4 Å². The number of nitrogens with zero attached hydrogens (tertiary/aromatic N) is 1. The molecule has 10 heteroatoms. The number of aryl methyl sites for hydroxylation is 2. The molecular formula is C24H30N2O6S2. The van der Waals surface area contributed by atoms with Crippen molar-refractivity contribution in [3.05, 3.63) is 39.8 Å². The maximum absolute atomic E-state index is 13.0. The van der Waals surface area contributed by atoms with Gasteiger partial charge < -0.3 is 14.8 Å². The van der Waals surface area contributed by atoms with Crippen LogP contribution in [-0.2, 0) is 38.8 Å². The lowest BCUT2D eigenvalue weighted by molar-refractivity contribution is -0.116. The molecule has 8 nitrogen and oxygen atoms in total. The van der Waals surface area contributed by atoms with Crippen LogP contribution in [0, 0.1) is 0 Å². The topological polar surface area (TPSA) is 102 Å². The van der Waals surface area contributed by atoms with E-state index in [1.54, 1.807) is 18.2 Å². The zero-order valence-electron chi connectivity index (χ0n) is 19.5. The van der Waals surface area contributed by atoms with Crippen LogP contribution in [0.15, 0.2) is 23.1 Å². The minimum absolute atomic E-state index is 0.118. The lowest BCUT2D eigenvalue weighted by Gasteiger charge is -2.17. The lowest BCUT2D eigenvalue weighted by atomic mass is 9.95. The summed E-state index contributed by atoms with van der Waals surface area (Å²) in [6.45, 7) is 1.05. The van der Waals surface area contributed by atoms with Gasteiger partial charge in [-0.05, 0) is 74.3 Å². The molecule has 0 unspecified atom stereocenters. The molecule has 0 atom stereocenters. The van der Waals surface area contributed by atoms with Crippen molar-refractivity contribution in [1.82, 2.24) is 4.31 Å². The van der Waals surface area contributed by atoms with Crippen molar-refractivity contribution in [3.63, 3.8) is 0 Å². The van der Waals surface area contributed by atoms with E-state index in [0.29, 0.717) is 41.4 Å². The Hall–Kier alpha value is -2.43. The van der Waals surface area contributed by atoms with E-state index in [2.05, 4.69) is 5.32 Å². The first-order valence-corrected chi connectivity index (χ1v) is 13.8. The third kappa shape index (κ3) is 4.99. The Morgan fingerprint density at radius 1 is 1.09 bits per heavy atom. The van der Waals surface area contributed by atoms with Gasteiger partial charge in [0.1, 0.15) is 10.8 Å². The van der Waals surface area contributed by atoms with Crippen LogP contribution in [0.3, 0.4) is 0 Å². The number of anilines is 1. The second-order valence-electron chi connectivity index (χ2n) is 8.54. The van der Waals surface area contributed by atoms with E-state index in [0.717, 1.165) is 49.0 Å². The number of nitrogens with one attached hydrogen (secondary N) is 1. The van der Waals surface area contributed by atoms with Crippen LogP contribution in [0.5, 0.6) is 5.75 Å². The van der Waals surface area contributed by atoms with Crippen LogP contribution in [0.1, 0.15) is 58.5 Å². The van der Waals surface area contributed by atoms with Crippen molar-refractivity contribution in [2.45, 2.75) is 56.3 Å². The Morgan fingerprint density at radius 2 is 1.82 bits per heavy atom. The van der Waals surface area contributed by atoms with Crippen molar-refractivity contribution in [2.24, 2.45) is 0 Å². The Kier molecular flexibility index (Phi) is 7.59. The van der Waals surface area contributed by atoms with Gasteiger partial charge in [0.15, 0.2) is 0 Å². The summed E-state index contributed by atoms with van der Waals surface area (Å²) in [6.07, 6.45) is 5.93. The van der Waals surface area contributed by atoms with Gasteiger partial charge in [-0.2, -0.15) is 4.31 Å². The number of sulfonamides is 1. The van der Waals surface area contributed by atoms with Crippen molar-refractivity contribution in [2.75, 3.05) is 32.6 Å². The van der Waals surface area contributed by atoms with Crippen LogP contribution in [0.2, 0.25) is 0 Å². The molecule has 1 aliphatic carbocycles. The largest absolute Gasteiger partial charge is 0.496 e. The fourth-order valence-electron chi connectivity index (χ4n) is 4.60. The Balaban J connectivity index is 1.50. The summed E-state index contributed by atoms with van der Waals surface area (Å²) in [6, 6.07) is 4.79. The van der Waals surface area contributed by atoms with Gasteiger partial charge in [-0.3, -0.25) is 4.79 Å². The molecule has 0 saturated carbocycles. The van der Waals surface area contributed by atoms with E-state index in [-0.39, 0.29) is 17.2 Å². The second-order valence-corrected chi connectivity index (χ2v) is 11.6. The molecule has 1 N–H and O–H groups in total. The first-order chi connectivity index (χ1) is 16.3. The summed E-state index contributed by atoms with van der Waals surface area (Å²) < 4.78 is 37.8. The van der Waals surface area contributed by atoms with Crippen molar-refractivity contribution < 1.29 is 27.5 Å². The third-order valence-corrected chi connectivity index (χ3v) is 9.49. The molecule has 1 saturated heterocycles. The normalized spacial score (nSPS) is 16.2. The van der Waals surface area contributed by atoms with Crippen molar-refractivity contribution in [1.29, 1.82) is 0 Å². The summed E-state index contributed by atoms with van der Waals surface area (Å²) in [5, 5.41) is 3.42. The summed E-state index contributed by atoms with van der Waals surface area (Å²) in [5.74, 6) is -0.148. The molecule has 1 aromatic carbocycles. The van der Waals surface area contributed by atoms with E-state index in [1.807, 2.05) is 0 Å². The Labute approximate surface area is 204 Å². The highest BCUT2D eigenvalue weighted by Gasteiger charge is 2.29. The third-order valence-electron chi connectivity index (χ3n) is 6.39. The predicted molar refractivity (Wildman–Crippen MR) is 130 cm³/mol. The molecular weight excluding hydrogens is 476 g/mol. The van der Waals surface area contributed by atoms with E-state index >= 15 is 0 Å². The van der Waals surface area contributed by atoms with E-state index in [9.17, 15) is 18.0 Å². The molecule has 0 bridgehead atoms. The van der Waals surface area contributed by atoms with Crippen molar-refractivity contribution >= 4 is 38.2 Å². The summed E-state index contributed by atoms with van der Waals surface area (Å²) >= 11 is 1.44. The van der Waals surface area contributed by atoms with Crippen LogP contribution in [0.25, 0.3) is 0 Å². The first-order valence-electron chi connectivity index (χ1n) is 11.5. The van der Waals surface area contributed by atoms with Gasteiger partial charge in [0.25, 0.3) is 0 Å². The van der Waals surface area contributed by atoms with Crippen LogP contribution in [0.4, 0.5) is 5.00 Å². The molecule has 2 aromatic rings. The maximum Gasteiger partial charge on any atom is 0.341 e. The van der Waals surface area contributed by atoms with Crippen LogP contribution < -0.4 is 10.1 Å². The number of fused-ring (bicyclic) bond motifs is 1. The van der Waals surface area contributed by atoms with Crippen LogP contribution in [-0.4, -0.2) is 51.9 Å². The minimum atomic E-state index is -3.57. The first kappa shape index (κ1) is 24.7. The van der Waals surface area contributed by atoms with Gasteiger partial charge in [-0.25, -0.2) is 13.2 Å². The molecule has 0 spiro atoms. The molecule has 2 aliphatic rings. The number of rotatable bonds is 8. The van der Waals surface area contributed by atoms with E-state index in [4.69, 9.17) is 9.47 Å². The van der Waals surface area contributed by atoms with Gasteiger partial charge in [-0.15, -0.1) is 11.3 Å². The zero-order valence-corrected chi connectivity index (χ0v) is 21.1. The number of carbonyl (C=O) groups excluding carboxylic acids is 2. The zero-order chi connectivity index (χ0) is 24.3. The number of thiophene rings is 1. The predicted octanol–water partition coefficient (Wildman–Crippen LogP) is 3.78. The minimum Gasteiger partial charge on any atom is -0.496 e. The number of benzene rings is 1. The van der Waals surface area contributed by atoms with Crippen LogP contribution >= 0.6 is 11.3 Å². The molecule has 1 aliphatic heterocycles. The van der Waals surface area contributed by atoms with Gasteiger partial charge in [0.05, 0.1) is 24.7 Å². The summed E-state index contributed by atoms with van der Waals surface area (Å²) in [4.78, 5) is 26.6. The molecule has 184 valence electrons. The quantitative estimate of drug-likeness (QED) is 0.547. The molecule has 1 fully saturated rings. The average molecular weight is 507 g/mol. The number of hydrogen-bond donors (Lipinski definition) is 1. The molecule has 4 rings (SSSR count). The number of hydrogen-bond acceptors (Lipinski definition) is 7. The fraction of sp³-hybridized carbons (Fsp3) is 0.500. The fourth-order valence-corrected chi connectivity index (χ4v) is 7.46. The number of carbonyl (C=O) groups is 2. The van der Waals surface area contributed by atoms with Gasteiger partial charge in [-0.1, -0.05) is 0 Å². The average Bonchev–Trinajstić information content (AvgIpc) is 3.50. The molecule has 34 heavy (non-hydrogen) atoms. The Morgan fingerprint density at radius 3 is 2.53 bits per heavy atom. The molecule has 1 amide bonds. The number of ether oxygens (including phenoxy) is 2. The Bertz CT molecular complexity index is 1180. The lowest BCUT2D eigenvalue weighted by Crippen LogP contribution is -2.28. The van der Waals surface area contributed by atoms with Gasteiger partial charge in [0.2, 0.25) is 15.9 Å². The number of methoxy groups -OCH3 is 2.